The monoisotopic (exact) mass is 262 g/mol. The summed E-state index contributed by atoms with van der Waals surface area (Å²) in [5, 5.41) is 0. The third kappa shape index (κ3) is 2.20. The molecule has 0 fully saturated rings. The third-order valence-electron chi connectivity index (χ3n) is 2.58. The van der Waals surface area contributed by atoms with Crippen molar-refractivity contribution in [3.63, 3.8) is 0 Å². The van der Waals surface area contributed by atoms with Crippen LogP contribution in [0, 0.1) is 0 Å². The zero-order chi connectivity index (χ0) is 14.0. The van der Waals surface area contributed by atoms with Gasteiger partial charge in [-0.15, -0.1) is 0 Å². The van der Waals surface area contributed by atoms with E-state index in [4.69, 9.17) is 9.47 Å². The van der Waals surface area contributed by atoms with Crippen molar-refractivity contribution in [2.75, 3.05) is 14.2 Å². The van der Waals surface area contributed by atoms with Crippen molar-refractivity contribution in [1.29, 1.82) is 0 Å². The summed E-state index contributed by atoms with van der Waals surface area (Å²) in [6.45, 7) is 0. The van der Waals surface area contributed by atoms with E-state index in [1.807, 2.05) is 0 Å². The number of cyclic esters (lactones) is 1. The third-order valence-corrected chi connectivity index (χ3v) is 2.58. The molecule has 1 aromatic carbocycles. The minimum Gasteiger partial charge on any atom is -0.497 e. The van der Waals surface area contributed by atoms with Gasteiger partial charge in [0.15, 0.2) is 11.3 Å². The van der Waals surface area contributed by atoms with E-state index in [0.717, 1.165) is 7.11 Å². The highest BCUT2D eigenvalue weighted by atomic mass is 16.6. The maximum Gasteiger partial charge on any atom is 0.385 e. The molecule has 0 aliphatic carbocycles. The first-order valence-electron chi connectivity index (χ1n) is 5.32. The van der Waals surface area contributed by atoms with Crippen molar-refractivity contribution >= 4 is 23.5 Å². The van der Waals surface area contributed by atoms with Gasteiger partial charge in [-0.05, 0) is 24.3 Å². The Morgan fingerprint density at radius 3 is 2.26 bits per heavy atom. The standard InChI is InChI=1S/C13H10O6/c1-17-8-5-3-7(4-6-8)11-9(12(15)18-2)10(14)13(16)19-11/h3-6H,1-2H3. The minimum absolute atomic E-state index is 0.0931. The highest BCUT2D eigenvalue weighted by Crippen LogP contribution is 2.29. The molecule has 0 aromatic heterocycles. The Hall–Kier alpha value is -2.63. The molecular weight excluding hydrogens is 252 g/mol. The van der Waals surface area contributed by atoms with E-state index in [2.05, 4.69) is 4.74 Å². The van der Waals surface area contributed by atoms with E-state index in [-0.39, 0.29) is 5.76 Å². The van der Waals surface area contributed by atoms with Gasteiger partial charge in [-0.3, -0.25) is 4.79 Å². The van der Waals surface area contributed by atoms with Crippen LogP contribution < -0.4 is 4.74 Å². The Bertz CT molecular complexity index is 582. The van der Waals surface area contributed by atoms with Gasteiger partial charge in [0.25, 0.3) is 5.78 Å². The minimum atomic E-state index is -1.09. The molecule has 98 valence electrons. The Labute approximate surface area is 108 Å². The van der Waals surface area contributed by atoms with Gasteiger partial charge in [0, 0.05) is 5.56 Å². The molecule has 0 spiro atoms. The van der Waals surface area contributed by atoms with Crippen molar-refractivity contribution < 1.29 is 28.6 Å². The quantitative estimate of drug-likeness (QED) is 0.453. The zero-order valence-electron chi connectivity index (χ0n) is 10.3. The number of carbonyl (C=O) groups excluding carboxylic acids is 3. The normalized spacial score (nSPS) is 14.4. The molecule has 1 aliphatic rings. The predicted molar refractivity (Wildman–Crippen MR) is 63.0 cm³/mol. The van der Waals surface area contributed by atoms with Crippen molar-refractivity contribution in [2.45, 2.75) is 0 Å². The summed E-state index contributed by atoms with van der Waals surface area (Å²) in [6.07, 6.45) is 0. The summed E-state index contributed by atoms with van der Waals surface area (Å²) in [7, 11) is 2.63. The fourth-order valence-electron chi connectivity index (χ4n) is 1.63. The van der Waals surface area contributed by atoms with E-state index >= 15 is 0 Å². The van der Waals surface area contributed by atoms with Gasteiger partial charge >= 0.3 is 11.9 Å². The fraction of sp³-hybridized carbons (Fsp3) is 0.154. The number of carbonyl (C=O) groups is 3. The summed E-state index contributed by atoms with van der Waals surface area (Å²) in [5.41, 5.74) is 0.0260. The molecule has 1 heterocycles. The Balaban J connectivity index is 2.49. The van der Waals surface area contributed by atoms with Gasteiger partial charge in [0.05, 0.1) is 14.2 Å². The number of esters is 2. The molecule has 6 nitrogen and oxygen atoms in total. The van der Waals surface area contributed by atoms with Crippen LogP contribution in [0.2, 0.25) is 0 Å². The van der Waals surface area contributed by atoms with Gasteiger partial charge in [0.1, 0.15) is 5.75 Å². The van der Waals surface area contributed by atoms with Gasteiger partial charge < -0.3 is 14.2 Å². The first-order valence-corrected chi connectivity index (χ1v) is 5.32. The lowest BCUT2D eigenvalue weighted by molar-refractivity contribution is -0.146. The van der Waals surface area contributed by atoms with Crippen LogP contribution in [0.1, 0.15) is 5.56 Å². The SMILES string of the molecule is COC(=O)C1=C(c2ccc(OC)cc2)OC(=O)C1=O. The molecule has 0 saturated carbocycles. The summed E-state index contributed by atoms with van der Waals surface area (Å²) in [4.78, 5) is 34.3. The zero-order valence-corrected chi connectivity index (χ0v) is 10.3. The lowest BCUT2D eigenvalue weighted by atomic mass is 10.1. The number of hydrogen-bond acceptors (Lipinski definition) is 6. The van der Waals surface area contributed by atoms with Crippen molar-refractivity contribution in [2.24, 2.45) is 0 Å². The van der Waals surface area contributed by atoms with Crippen LogP contribution in [-0.2, 0) is 23.9 Å². The molecule has 0 atom stereocenters. The number of ketones is 1. The fourth-order valence-corrected chi connectivity index (χ4v) is 1.63. The molecule has 0 amide bonds. The molecule has 1 aliphatic heterocycles. The molecule has 0 N–H and O–H groups in total. The molecule has 0 unspecified atom stereocenters. The van der Waals surface area contributed by atoms with Gasteiger partial charge in [-0.25, -0.2) is 9.59 Å². The van der Waals surface area contributed by atoms with E-state index < -0.39 is 23.3 Å². The second-order valence-electron chi connectivity index (χ2n) is 3.64. The van der Waals surface area contributed by atoms with Crippen molar-refractivity contribution in [3.05, 3.63) is 35.4 Å². The Kier molecular flexibility index (Phi) is 3.33. The van der Waals surface area contributed by atoms with Crippen LogP contribution >= 0.6 is 0 Å². The average Bonchev–Trinajstić information content (AvgIpc) is 2.74. The summed E-state index contributed by atoms with van der Waals surface area (Å²) in [6, 6.07) is 6.38. The van der Waals surface area contributed by atoms with E-state index in [1.54, 1.807) is 24.3 Å². The summed E-state index contributed by atoms with van der Waals surface area (Å²) in [5.74, 6) is -2.49. The summed E-state index contributed by atoms with van der Waals surface area (Å²) >= 11 is 0. The molecule has 1 aromatic rings. The molecule has 19 heavy (non-hydrogen) atoms. The average molecular weight is 262 g/mol. The van der Waals surface area contributed by atoms with Crippen LogP contribution in [0.4, 0.5) is 0 Å². The molecule has 0 radical (unpaired) electrons. The van der Waals surface area contributed by atoms with Crippen LogP contribution in [0.15, 0.2) is 29.8 Å². The Morgan fingerprint density at radius 2 is 1.74 bits per heavy atom. The van der Waals surface area contributed by atoms with Crippen LogP contribution in [0.25, 0.3) is 5.76 Å². The topological polar surface area (TPSA) is 78.9 Å². The molecule has 2 rings (SSSR count). The number of ether oxygens (including phenoxy) is 3. The maximum atomic E-state index is 11.6. The first-order chi connectivity index (χ1) is 9.08. The number of rotatable bonds is 3. The second-order valence-corrected chi connectivity index (χ2v) is 3.64. The van der Waals surface area contributed by atoms with Crippen LogP contribution in [0.5, 0.6) is 5.75 Å². The van der Waals surface area contributed by atoms with Gasteiger partial charge in [-0.1, -0.05) is 0 Å². The van der Waals surface area contributed by atoms with Gasteiger partial charge in [0.2, 0.25) is 0 Å². The lowest BCUT2D eigenvalue weighted by Gasteiger charge is -2.05. The van der Waals surface area contributed by atoms with Crippen molar-refractivity contribution in [3.8, 4) is 5.75 Å². The number of methoxy groups -OCH3 is 2. The Morgan fingerprint density at radius 1 is 1.11 bits per heavy atom. The molecule has 0 saturated heterocycles. The highest BCUT2D eigenvalue weighted by Gasteiger charge is 2.39. The maximum absolute atomic E-state index is 11.6. The predicted octanol–water partition coefficient (Wildman–Crippen LogP) is 0.705. The van der Waals surface area contributed by atoms with E-state index in [9.17, 15) is 14.4 Å². The van der Waals surface area contributed by atoms with Crippen LogP contribution in [-0.4, -0.2) is 31.9 Å². The van der Waals surface area contributed by atoms with Gasteiger partial charge in [-0.2, -0.15) is 0 Å². The highest BCUT2D eigenvalue weighted by molar-refractivity contribution is 6.51. The lowest BCUT2D eigenvalue weighted by Crippen LogP contribution is -2.16. The largest absolute Gasteiger partial charge is 0.497 e. The first kappa shape index (κ1) is 12.8. The van der Waals surface area contributed by atoms with E-state index in [1.165, 1.54) is 7.11 Å². The van der Waals surface area contributed by atoms with Crippen molar-refractivity contribution in [1.82, 2.24) is 0 Å². The summed E-state index contributed by atoms with van der Waals surface area (Å²) < 4.78 is 14.3. The number of Topliss-reactive ketones (excluding diaryl/α,β-unsaturated/α-hetero) is 1. The number of hydrogen-bond donors (Lipinski definition) is 0. The second kappa shape index (κ2) is 4.93. The molecular formula is C13H10O6. The molecule has 6 heteroatoms. The van der Waals surface area contributed by atoms with Crippen LogP contribution in [0.3, 0.4) is 0 Å². The van der Waals surface area contributed by atoms with E-state index in [0.29, 0.717) is 11.3 Å². The smallest absolute Gasteiger partial charge is 0.385 e. The number of benzene rings is 1. The molecule has 0 bridgehead atoms.